The molecule has 2 aromatic heterocycles. The lowest BCUT2D eigenvalue weighted by Crippen LogP contribution is -2.30. The van der Waals surface area contributed by atoms with E-state index in [1.165, 1.54) is 45.9 Å². The summed E-state index contributed by atoms with van der Waals surface area (Å²) in [6.07, 6.45) is -3.34. The number of imidazole rings is 1. The van der Waals surface area contributed by atoms with Gasteiger partial charge in [0, 0.05) is 12.4 Å². The lowest BCUT2D eigenvalue weighted by Gasteiger charge is -2.14. The summed E-state index contributed by atoms with van der Waals surface area (Å²) < 4.78 is 73.7. The van der Waals surface area contributed by atoms with Crippen molar-refractivity contribution in [3.63, 3.8) is 0 Å². The Bertz CT molecular complexity index is 1050. The Kier molecular flexibility index (Phi) is 6.90. The van der Waals surface area contributed by atoms with Crippen molar-refractivity contribution in [1.29, 1.82) is 0 Å². The molecule has 0 bridgehead atoms. The number of alkyl halides is 5. The molecular weight excluding hydrogens is 466 g/mol. The van der Waals surface area contributed by atoms with E-state index in [1.54, 1.807) is 7.05 Å². The van der Waals surface area contributed by atoms with Crippen LogP contribution in [0.2, 0.25) is 10.0 Å². The van der Waals surface area contributed by atoms with Crippen LogP contribution in [0.1, 0.15) is 11.1 Å². The van der Waals surface area contributed by atoms with Gasteiger partial charge in [0.05, 0.1) is 22.7 Å². The third-order valence-electron chi connectivity index (χ3n) is 4.26. The largest absolute Gasteiger partial charge is 0.460 e. The summed E-state index contributed by atoms with van der Waals surface area (Å²) in [5.41, 5.74) is -0.682. The molecule has 2 heterocycles. The van der Waals surface area contributed by atoms with E-state index in [-0.39, 0.29) is 39.7 Å². The fourth-order valence-corrected chi connectivity index (χ4v) is 3.37. The number of rotatable bonds is 7. The molecule has 3 rings (SSSR count). The van der Waals surface area contributed by atoms with E-state index in [0.717, 1.165) is 6.07 Å². The van der Waals surface area contributed by atoms with Gasteiger partial charge in [0.1, 0.15) is 18.4 Å². The van der Waals surface area contributed by atoms with Crippen LogP contribution >= 0.6 is 23.2 Å². The number of aryl methyl sites for hydroxylation is 1. The van der Waals surface area contributed by atoms with Crippen molar-refractivity contribution in [3.8, 4) is 5.88 Å². The topological polar surface area (TPSA) is 43.0 Å². The molecule has 12 heteroatoms. The monoisotopic (exact) mass is 481 g/mol. The van der Waals surface area contributed by atoms with Crippen LogP contribution < -0.4 is 14.6 Å². The predicted molar refractivity (Wildman–Crippen MR) is 105 cm³/mol. The maximum atomic E-state index is 13.5. The average Bonchev–Trinajstić information content (AvgIpc) is 2.97. The molecule has 3 aromatic rings. The summed E-state index contributed by atoms with van der Waals surface area (Å²) in [4.78, 5) is 3.84. The van der Waals surface area contributed by atoms with Crippen LogP contribution in [0, 0.1) is 0 Å². The third kappa shape index (κ3) is 5.37. The number of hydrogen-bond donors (Lipinski definition) is 1. The molecule has 0 atom stereocenters. The Morgan fingerprint density at radius 2 is 1.81 bits per heavy atom. The molecule has 0 spiro atoms. The summed E-state index contributed by atoms with van der Waals surface area (Å²) in [6, 6.07) is 4.97. The lowest BCUT2D eigenvalue weighted by molar-refractivity contribution is -0.656. The van der Waals surface area contributed by atoms with Crippen molar-refractivity contribution >= 4 is 34.8 Å². The van der Waals surface area contributed by atoms with E-state index in [1.807, 2.05) is 0 Å². The molecule has 0 aliphatic rings. The van der Waals surface area contributed by atoms with Crippen LogP contribution in [0.15, 0.2) is 42.9 Å². The van der Waals surface area contributed by atoms with Crippen LogP contribution in [0.5, 0.6) is 5.88 Å². The van der Waals surface area contributed by atoms with E-state index in [2.05, 4.69) is 10.3 Å². The fraction of sp³-hybridized carbons (Fsp3) is 0.263. The molecule has 1 N–H and O–H groups in total. The van der Waals surface area contributed by atoms with Gasteiger partial charge in [-0.3, -0.25) is 4.98 Å². The normalized spacial score (nSPS) is 11.8. The number of ether oxygens (including phenoxy) is 1. The first-order valence-electron chi connectivity index (χ1n) is 8.79. The molecule has 0 amide bonds. The molecule has 0 fully saturated rings. The number of benzene rings is 1. The van der Waals surface area contributed by atoms with E-state index in [0.29, 0.717) is 0 Å². The van der Waals surface area contributed by atoms with Crippen molar-refractivity contribution in [3.05, 3.63) is 64.0 Å². The molecule has 166 valence electrons. The number of pyridine rings is 1. The molecule has 5 nitrogen and oxygen atoms in total. The molecule has 0 aliphatic heterocycles. The Morgan fingerprint density at radius 3 is 2.42 bits per heavy atom. The van der Waals surface area contributed by atoms with Crippen LogP contribution in [0.3, 0.4) is 0 Å². The van der Waals surface area contributed by atoms with Gasteiger partial charge in [-0.2, -0.15) is 17.7 Å². The van der Waals surface area contributed by atoms with Gasteiger partial charge in [0.15, 0.2) is 6.61 Å². The second-order valence-electron chi connectivity index (χ2n) is 6.45. The first-order chi connectivity index (χ1) is 14.6. The van der Waals surface area contributed by atoms with E-state index < -0.39 is 24.8 Å². The number of anilines is 2. The second-order valence-corrected chi connectivity index (χ2v) is 7.26. The number of hydrogen-bond acceptors (Lipinski definition) is 3. The van der Waals surface area contributed by atoms with Gasteiger partial charge in [-0.1, -0.05) is 41.4 Å². The van der Waals surface area contributed by atoms with Gasteiger partial charge in [-0.05, 0) is 11.6 Å². The molecule has 0 radical (unpaired) electrons. The predicted octanol–water partition coefficient (Wildman–Crippen LogP) is 5.47. The molecule has 0 saturated carbocycles. The molecule has 31 heavy (non-hydrogen) atoms. The molecule has 0 unspecified atom stereocenters. The summed E-state index contributed by atoms with van der Waals surface area (Å²) in [5.74, 6) is 0.139. The Balaban J connectivity index is 2.09. The molecule has 0 aliphatic carbocycles. The Labute approximate surface area is 184 Å². The molecular formula is C19H16Cl2F5N4O+. The number of halogens is 7. The van der Waals surface area contributed by atoms with Crippen molar-refractivity contribution < 1.29 is 31.3 Å². The Hall–Kier alpha value is -2.59. The smallest absolute Gasteiger partial charge is 0.416 e. The van der Waals surface area contributed by atoms with Crippen LogP contribution in [-0.4, -0.2) is 22.6 Å². The van der Waals surface area contributed by atoms with Crippen molar-refractivity contribution in [2.45, 2.75) is 19.1 Å². The highest BCUT2D eigenvalue weighted by Gasteiger charge is 2.34. The highest BCUT2D eigenvalue weighted by molar-refractivity contribution is 6.39. The van der Waals surface area contributed by atoms with Crippen molar-refractivity contribution in [1.82, 2.24) is 9.55 Å². The minimum atomic E-state index is -4.60. The van der Waals surface area contributed by atoms with E-state index >= 15 is 0 Å². The minimum Gasteiger partial charge on any atom is -0.460 e. The summed E-state index contributed by atoms with van der Waals surface area (Å²) in [5, 5.41) is 3.25. The maximum Gasteiger partial charge on any atom is 0.416 e. The minimum absolute atomic E-state index is 0.0661. The summed E-state index contributed by atoms with van der Waals surface area (Å²) in [7, 11) is 1.56. The first-order valence-corrected chi connectivity index (χ1v) is 9.54. The highest BCUT2D eigenvalue weighted by atomic mass is 35.5. The zero-order chi connectivity index (χ0) is 22.8. The van der Waals surface area contributed by atoms with Crippen molar-refractivity contribution in [2.24, 2.45) is 7.05 Å². The van der Waals surface area contributed by atoms with Gasteiger partial charge < -0.3 is 4.74 Å². The third-order valence-corrected chi connectivity index (χ3v) is 4.83. The van der Waals surface area contributed by atoms with Gasteiger partial charge in [0.2, 0.25) is 0 Å². The van der Waals surface area contributed by atoms with E-state index in [9.17, 15) is 22.0 Å². The quantitative estimate of drug-likeness (QED) is 0.359. The van der Waals surface area contributed by atoms with Crippen LogP contribution in [0.4, 0.5) is 33.6 Å². The standard InChI is InChI=1S/C19H15Cl2F5N4O/c1-29-9-16(31-10-15(22)23)30(8-11-4-2-3-5-12(11)19(24,25)26)18(29)28-17-13(20)6-27-7-14(17)21/h2-7,9,15H,8,10H2,1H3/p+1. The van der Waals surface area contributed by atoms with Gasteiger partial charge in [-0.25, -0.2) is 18.7 Å². The second kappa shape index (κ2) is 9.27. The molecule has 0 saturated heterocycles. The zero-order valence-corrected chi connectivity index (χ0v) is 17.4. The number of nitrogens with zero attached hydrogens (tertiary/aromatic N) is 3. The first kappa shape index (κ1) is 23.1. The van der Waals surface area contributed by atoms with E-state index in [4.69, 9.17) is 27.9 Å². The van der Waals surface area contributed by atoms with Gasteiger partial charge >= 0.3 is 12.1 Å². The van der Waals surface area contributed by atoms with Crippen LogP contribution in [-0.2, 0) is 19.8 Å². The SMILES string of the molecule is C[n+]1cc(OCC(F)F)n(Cc2ccccc2C(F)(F)F)c1Nc1c(Cl)cncc1Cl. The average molecular weight is 482 g/mol. The Morgan fingerprint density at radius 1 is 1.16 bits per heavy atom. The summed E-state index contributed by atoms with van der Waals surface area (Å²) in [6.45, 7) is -1.25. The highest BCUT2D eigenvalue weighted by Crippen LogP contribution is 2.35. The lowest BCUT2D eigenvalue weighted by atomic mass is 10.1. The van der Waals surface area contributed by atoms with Gasteiger partial charge in [-0.15, -0.1) is 0 Å². The number of nitrogens with one attached hydrogen (secondary N) is 1. The van der Waals surface area contributed by atoms with Crippen molar-refractivity contribution in [2.75, 3.05) is 11.9 Å². The molecule has 1 aromatic carbocycles. The van der Waals surface area contributed by atoms with Gasteiger partial charge in [0.25, 0.3) is 12.3 Å². The van der Waals surface area contributed by atoms with Crippen LogP contribution in [0.25, 0.3) is 0 Å². The zero-order valence-electron chi connectivity index (χ0n) is 15.9. The fourth-order valence-electron chi connectivity index (χ4n) is 2.91. The summed E-state index contributed by atoms with van der Waals surface area (Å²) >= 11 is 12.3. The number of aromatic nitrogens is 3. The maximum absolute atomic E-state index is 13.5.